The molecule has 0 bridgehead atoms. The maximum absolute atomic E-state index is 14.5. The summed E-state index contributed by atoms with van der Waals surface area (Å²) < 4.78 is 42.1. The van der Waals surface area contributed by atoms with Gasteiger partial charge in [0.25, 0.3) is 5.56 Å². The fourth-order valence-corrected chi connectivity index (χ4v) is 6.84. The van der Waals surface area contributed by atoms with Crippen molar-refractivity contribution in [3.63, 3.8) is 0 Å². The number of hydrogen-bond donors (Lipinski definition) is 0. The van der Waals surface area contributed by atoms with Gasteiger partial charge in [-0.15, -0.1) is 0 Å². The summed E-state index contributed by atoms with van der Waals surface area (Å²) in [5, 5.41) is 1.76. The summed E-state index contributed by atoms with van der Waals surface area (Å²) in [5.41, 5.74) is 2.38. The summed E-state index contributed by atoms with van der Waals surface area (Å²) in [4.78, 5) is 33.4. The fraction of sp³-hybridized carbons (Fsp3) is 0.103. The van der Waals surface area contributed by atoms with Crippen LogP contribution >= 0.6 is 11.3 Å². The van der Waals surface area contributed by atoms with E-state index in [0.29, 0.717) is 43.0 Å². The van der Waals surface area contributed by atoms with Gasteiger partial charge in [0.15, 0.2) is 4.80 Å². The van der Waals surface area contributed by atoms with Gasteiger partial charge in [-0.25, -0.2) is 18.6 Å². The van der Waals surface area contributed by atoms with Gasteiger partial charge < -0.3 is 9.47 Å². The third-order valence-electron chi connectivity index (χ3n) is 8.11. The predicted molar refractivity (Wildman–Crippen MR) is 182 cm³/mol. The van der Waals surface area contributed by atoms with Gasteiger partial charge >= 0.3 is 5.97 Å². The van der Waals surface area contributed by atoms with E-state index in [0.717, 1.165) is 10.8 Å². The zero-order valence-electron chi connectivity index (χ0n) is 25.7. The number of ether oxygens (including phenoxy) is 2. The van der Waals surface area contributed by atoms with Crippen molar-refractivity contribution in [2.45, 2.75) is 19.6 Å². The number of carbonyl (C=O) groups excluding carboxylic acids is 1. The number of rotatable bonds is 8. The molecule has 2 heterocycles. The van der Waals surface area contributed by atoms with E-state index in [2.05, 4.69) is 0 Å². The molecular formula is C39H28F2N2O4S. The van der Waals surface area contributed by atoms with Crippen LogP contribution in [0.15, 0.2) is 131 Å². The molecule has 0 fully saturated rings. The molecule has 7 rings (SSSR count). The molecule has 1 atom stereocenters. The van der Waals surface area contributed by atoms with Crippen LogP contribution in [0.3, 0.4) is 0 Å². The average molecular weight is 659 g/mol. The van der Waals surface area contributed by atoms with E-state index in [9.17, 15) is 18.4 Å². The highest BCUT2D eigenvalue weighted by Gasteiger charge is 2.35. The summed E-state index contributed by atoms with van der Waals surface area (Å²) in [5.74, 6) is -0.979. The van der Waals surface area contributed by atoms with E-state index in [-0.39, 0.29) is 24.6 Å². The predicted octanol–water partition coefficient (Wildman–Crippen LogP) is 6.95. The van der Waals surface area contributed by atoms with Gasteiger partial charge in [0.1, 0.15) is 24.0 Å². The Hall–Kier alpha value is -5.67. The minimum absolute atomic E-state index is 0.0129. The number of thiazole rings is 1. The standard InChI is InChI=1S/C39H28F2N2O4S/c1-2-46-38(45)34-35(25-11-4-3-5-12-25)42-39-43(36(34)26-16-19-28(40)20-17-26)37(44)33(48-39)22-30-29-14-8-6-10-24(29)18-21-32(30)47-23-27-13-7-9-15-31(27)41/h3-22,36H,2,23H2,1H3/b33-22-/t36-/m1/s1. The second-order valence-electron chi connectivity index (χ2n) is 11.1. The quantitative estimate of drug-likeness (QED) is 0.166. The van der Waals surface area contributed by atoms with Crippen molar-refractivity contribution in [3.05, 3.63) is 174 Å². The zero-order valence-corrected chi connectivity index (χ0v) is 26.5. The molecule has 238 valence electrons. The van der Waals surface area contributed by atoms with Crippen molar-refractivity contribution < 1.29 is 23.0 Å². The van der Waals surface area contributed by atoms with Crippen LogP contribution in [-0.4, -0.2) is 17.1 Å². The van der Waals surface area contributed by atoms with Gasteiger partial charge in [-0.3, -0.25) is 9.36 Å². The van der Waals surface area contributed by atoms with E-state index < -0.39 is 23.4 Å². The van der Waals surface area contributed by atoms with Gasteiger partial charge in [0, 0.05) is 16.7 Å². The fourth-order valence-electron chi connectivity index (χ4n) is 5.85. The van der Waals surface area contributed by atoms with Crippen molar-refractivity contribution in [1.29, 1.82) is 0 Å². The third-order valence-corrected chi connectivity index (χ3v) is 9.09. The number of nitrogens with zero attached hydrogens (tertiary/aromatic N) is 2. The Bertz CT molecular complexity index is 2380. The molecule has 0 saturated carbocycles. The molecular weight excluding hydrogens is 631 g/mol. The molecule has 9 heteroatoms. The van der Waals surface area contributed by atoms with E-state index in [4.69, 9.17) is 14.5 Å². The highest BCUT2D eigenvalue weighted by Crippen LogP contribution is 2.35. The van der Waals surface area contributed by atoms with Crippen LogP contribution in [0.4, 0.5) is 8.78 Å². The topological polar surface area (TPSA) is 69.9 Å². The Balaban J connectivity index is 1.46. The normalized spacial score (nSPS) is 14.5. The minimum atomic E-state index is -0.942. The van der Waals surface area contributed by atoms with Crippen LogP contribution in [0.2, 0.25) is 0 Å². The lowest BCUT2D eigenvalue weighted by Crippen LogP contribution is -2.40. The Labute approximate surface area is 278 Å². The van der Waals surface area contributed by atoms with Crippen molar-refractivity contribution in [1.82, 2.24) is 4.57 Å². The van der Waals surface area contributed by atoms with E-state index >= 15 is 0 Å². The second kappa shape index (κ2) is 13.2. The molecule has 0 aliphatic carbocycles. The SMILES string of the molecule is CCOC(=O)C1=C(c2ccccc2)N=c2s/c(=C\c3c(OCc4ccccc4F)ccc4ccccc34)c(=O)n2[C@@H]1c1ccc(F)cc1. The van der Waals surface area contributed by atoms with Gasteiger partial charge in [-0.1, -0.05) is 102 Å². The molecule has 0 N–H and O–H groups in total. The molecule has 0 saturated heterocycles. The molecule has 6 aromatic rings. The van der Waals surface area contributed by atoms with Gasteiger partial charge in [0.05, 0.1) is 28.5 Å². The highest BCUT2D eigenvalue weighted by atomic mass is 32.1. The van der Waals surface area contributed by atoms with Crippen LogP contribution in [-0.2, 0) is 16.1 Å². The summed E-state index contributed by atoms with van der Waals surface area (Å²) in [6.45, 7) is 1.81. The smallest absolute Gasteiger partial charge is 0.338 e. The van der Waals surface area contributed by atoms with Gasteiger partial charge in [-0.05, 0) is 53.6 Å². The lowest BCUT2D eigenvalue weighted by molar-refractivity contribution is -0.138. The van der Waals surface area contributed by atoms with E-state index in [1.165, 1.54) is 34.1 Å². The zero-order chi connectivity index (χ0) is 33.2. The Kier molecular flexibility index (Phi) is 8.52. The first-order valence-corrected chi connectivity index (χ1v) is 16.2. The minimum Gasteiger partial charge on any atom is -0.488 e. The Morgan fingerprint density at radius 3 is 2.40 bits per heavy atom. The molecule has 0 spiro atoms. The molecule has 5 aromatic carbocycles. The lowest BCUT2D eigenvalue weighted by atomic mass is 9.93. The van der Waals surface area contributed by atoms with Gasteiger partial charge in [-0.2, -0.15) is 0 Å². The van der Waals surface area contributed by atoms with Crippen LogP contribution < -0.4 is 19.6 Å². The third kappa shape index (κ3) is 5.84. The summed E-state index contributed by atoms with van der Waals surface area (Å²) >= 11 is 1.17. The average Bonchev–Trinajstić information content (AvgIpc) is 3.42. The molecule has 1 aliphatic heterocycles. The van der Waals surface area contributed by atoms with E-state index in [1.807, 2.05) is 60.7 Å². The first-order valence-electron chi connectivity index (χ1n) is 15.3. The number of benzene rings is 5. The number of esters is 1. The highest BCUT2D eigenvalue weighted by molar-refractivity contribution is 7.07. The number of hydrogen-bond acceptors (Lipinski definition) is 6. The molecule has 6 nitrogen and oxygen atoms in total. The summed E-state index contributed by atoms with van der Waals surface area (Å²) in [7, 11) is 0. The molecule has 1 aromatic heterocycles. The maximum Gasteiger partial charge on any atom is 0.338 e. The van der Waals surface area contributed by atoms with Crippen molar-refractivity contribution in [2.24, 2.45) is 4.99 Å². The largest absolute Gasteiger partial charge is 0.488 e. The Morgan fingerprint density at radius 2 is 1.62 bits per heavy atom. The maximum atomic E-state index is 14.5. The van der Waals surface area contributed by atoms with Crippen LogP contribution in [0.5, 0.6) is 5.75 Å². The van der Waals surface area contributed by atoms with Gasteiger partial charge in [0.2, 0.25) is 0 Å². The van der Waals surface area contributed by atoms with E-state index in [1.54, 1.807) is 49.4 Å². The van der Waals surface area contributed by atoms with Crippen LogP contribution in [0.25, 0.3) is 22.5 Å². The molecule has 0 amide bonds. The first kappa shape index (κ1) is 31.0. The second-order valence-corrected chi connectivity index (χ2v) is 12.1. The van der Waals surface area contributed by atoms with Crippen LogP contribution in [0, 0.1) is 11.6 Å². The molecule has 0 unspecified atom stereocenters. The summed E-state index contributed by atoms with van der Waals surface area (Å²) in [6.07, 6.45) is 1.75. The first-order chi connectivity index (χ1) is 23.4. The van der Waals surface area contributed by atoms with Crippen LogP contribution in [0.1, 0.15) is 35.2 Å². The molecule has 1 aliphatic rings. The van der Waals surface area contributed by atoms with Crippen molar-refractivity contribution in [3.8, 4) is 5.75 Å². The lowest BCUT2D eigenvalue weighted by Gasteiger charge is -2.25. The van der Waals surface area contributed by atoms with Crippen molar-refractivity contribution >= 4 is 39.9 Å². The monoisotopic (exact) mass is 658 g/mol. The Morgan fingerprint density at radius 1 is 0.896 bits per heavy atom. The number of halogens is 2. The molecule has 0 radical (unpaired) electrons. The molecule has 48 heavy (non-hydrogen) atoms. The number of fused-ring (bicyclic) bond motifs is 2. The van der Waals surface area contributed by atoms with Crippen molar-refractivity contribution in [2.75, 3.05) is 6.61 Å². The number of carbonyl (C=O) groups is 1. The summed E-state index contributed by atoms with van der Waals surface area (Å²) in [6, 6.07) is 31.8. The number of aromatic nitrogens is 1.